The molecule has 0 aromatic carbocycles. The molecule has 3 saturated carbocycles. The molecular weight excluding hydrogens is 264 g/mol. The molecule has 0 aliphatic heterocycles. The van der Waals surface area contributed by atoms with E-state index in [1.807, 2.05) is 12.1 Å². The molecule has 1 aromatic rings. The maximum atomic E-state index is 13.0. The number of pyridine rings is 1. The van der Waals surface area contributed by atoms with Gasteiger partial charge in [0.25, 0.3) is 0 Å². The highest BCUT2D eigenvalue weighted by Gasteiger charge is 2.48. The molecule has 4 heteroatoms. The number of ketones is 2. The number of carbonyl (C=O) groups excluding carboxylic acids is 2. The van der Waals surface area contributed by atoms with Crippen molar-refractivity contribution in [1.29, 1.82) is 0 Å². The number of nitrogens with zero attached hydrogens (tertiary/aromatic N) is 1. The maximum Gasteiger partial charge on any atom is 0.184 e. The van der Waals surface area contributed by atoms with Gasteiger partial charge in [0.1, 0.15) is 11.5 Å². The summed E-state index contributed by atoms with van der Waals surface area (Å²) in [7, 11) is 0. The lowest BCUT2D eigenvalue weighted by molar-refractivity contribution is -0.122. The van der Waals surface area contributed by atoms with E-state index >= 15 is 0 Å². The van der Waals surface area contributed by atoms with Gasteiger partial charge in [0, 0.05) is 24.8 Å². The molecule has 3 aliphatic rings. The van der Waals surface area contributed by atoms with Crippen LogP contribution in [0.1, 0.15) is 59.8 Å². The molecule has 3 fully saturated rings. The molecule has 0 spiro atoms. The van der Waals surface area contributed by atoms with E-state index in [0.717, 1.165) is 36.9 Å². The van der Waals surface area contributed by atoms with E-state index in [2.05, 4.69) is 4.98 Å². The van der Waals surface area contributed by atoms with Gasteiger partial charge in [-0.05, 0) is 49.1 Å². The normalized spacial score (nSPS) is 30.9. The lowest BCUT2D eigenvalue weighted by atomic mass is 9.83. The number of hydrogen-bond donors (Lipinski definition) is 1. The largest absolute Gasteiger partial charge is 0.325 e. The Kier molecular flexibility index (Phi) is 2.96. The minimum absolute atomic E-state index is 0.00530. The molecule has 0 saturated heterocycles. The van der Waals surface area contributed by atoms with Crippen LogP contribution < -0.4 is 5.73 Å². The number of hydrogen-bond acceptors (Lipinski definition) is 4. The van der Waals surface area contributed by atoms with Gasteiger partial charge in [-0.2, -0.15) is 0 Å². The first kappa shape index (κ1) is 13.1. The highest BCUT2D eigenvalue weighted by molar-refractivity contribution is 6.00. The van der Waals surface area contributed by atoms with E-state index < -0.39 is 0 Å². The molecule has 0 amide bonds. The molecule has 1 aromatic heterocycles. The summed E-state index contributed by atoms with van der Waals surface area (Å²) in [5.41, 5.74) is 8.20. The van der Waals surface area contributed by atoms with Crippen molar-refractivity contribution in [1.82, 2.24) is 4.98 Å². The van der Waals surface area contributed by atoms with Crippen LogP contribution in [0, 0.1) is 17.8 Å². The van der Waals surface area contributed by atoms with Crippen molar-refractivity contribution in [3.8, 4) is 0 Å². The van der Waals surface area contributed by atoms with Gasteiger partial charge in [0.2, 0.25) is 0 Å². The smallest absolute Gasteiger partial charge is 0.184 e. The van der Waals surface area contributed by atoms with E-state index in [-0.39, 0.29) is 23.5 Å². The van der Waals surface area contributed by atoms with Crippen molar-refractivity contribution in [2.24, 2.45) is 23.5 Å². The standard InChI is InChI=1S/C17H20N2O2/c18-8-12-3-4-13(9-1-2-9)16(19-12)17(21)14-6-11-5-10(14)7-15(11)20/h3-4,9-11,14H,1-2,5-8,18H2. The van der Waals surface area contributed by atoms with Crippen LogP contribution in [0.25, 0.3) is 0 Å². The fraction of sp³-hybridized carbons (Fsp3) is 0.588. The summed E-state index contributed by atoms with van der Waals surface area (Å²) in [5, 5.41) is 0. The summed E-state index contributed by atoms with van der Waals surface area (Å²) in [6, 6.07) is 3.98. The zero-order valence-corrected chi connectivity index (χ0v) is 12.0. The van der Waals surface area contributed by atoms with E-state index in [1.165, 1.54) is 0 Å². The van der Waals surface area contributed by atoms with Gasteiger partial charge in [-0.15, -0.1) is 0 Å². The van der Waals surface area contributed by atoms with Crippen molar-refractivity contribution >= 4 is 11.6 Å². The van der Waals surface area contributed by atoms with Gasteiger partial charge in [-0.1, -0.05) is 6.07 Å². The second kappa shape index (κ2) is 4.73. The third-order valence-corrected chi connectivity index (χ3v) is 5.39. The van der Waals surface area contributed by atoms with E-state index in [0.29, 0.717) is 30.4 Å². The molecule has 4 rings (SSSR count). The summed E-state index contributed by atoms with van der Waals surface area (Å²) in [6.45, 7) is 0.362. The van der Waals surface area contributed by atoms with Crippen LogP contribution in [0.2, 0.25) is 0 Å². The Labute approximate surface area is 124 Å². The quantitative estimate of drug-likeness (QED) is 0.860. The fourth-order valence-electron chi connectivity index (χ4n) is 4.08. The average Bonchev–Trinajstić information content (AvgIpc) is 3.18. The van der Waals surface area contributed by atoms with Crippen molar-refractivity contribution < 1.29 is 9.59 Å². The molecule has 2 N–H and O–H groups in total. The van der Waals surface area contributed by atoms with Gasteiger partial charge >= 0.3 is 0 Å². The summed E-state index contributed by atoms with van der Waals surface area (Å²) < 4.78 is 0. The SMILES string of the molecule is NCc1ccc(C2CC2)c(C(=O)C2CC3CC2CC3=O)n1. The summed E-state index contributed by atoms with van der Waals surface area (Å²) >= 11 is 0. The van der Waals surface area contributed by atoms with E-state index in [4.69, 9.17) is 5.73 Å². The van der Waals surface area contributed by atoms with Crippen LogP contribution in [0.3, 0.4) is 0 Å². The minimum atomic E-state index is 0.00530. The summed E-state index contributed by atoms with van der Waals surface area (Å²) in [4.78, 5) is 29.2. The number of nitrogens with two attached hydrogens (primary N) is 1. The first-order valence-electron chi connectivity index (χ1n) is 7.94. The van der Waals surface area contributed by atoms with E-state index in [9.17, 15) is 9.59 Å². The highest BCUT2D eigenvalue weighted by atomic mass is 16.1. The summed E-state index contributed by atoms with van der Waals surface area (Å²) in [5.74, 6) is 1.41. The molecule has 3 aliphatic carbocycles. The third kappa shape index (κ3) is 2.13. The van der Waals surface area contributed by atoms with Crippen LogP contribution in [0.4, 0.5) is 0 Å². The number of rotatable bonds is 4. The minimum Gasteiger partial charge on any atom is -0.325 e. The third-order valence-electron chi connectivity index (χ3n) is 5.39. The molecule has 0 radical (unpaired) electrons. The van der Waals surface area contributed by atoms with Crippen molar-refractivity contribution in [3.05, 3.63) is 29.1 Å². The van der Waals surface area contributed by atoms with Crippen LogP contribution in [0.5, 0.6) is 0 Å². The van der Waals surface area contributed by atoms with Gasteiger partial charge < -0.3 is 5.73 Å². The molecule has 110 valence electrons. The Morgan fingerprint density at radius 2 is 2.05 bits per heavy atom. The van der Waals surface area contributed by atoms with Gasteiger partial charge in [0.15, 0.2) is 5.78 Å². The second-order valence-corrected chi connectivity index (χ2v) is 6.79. The maximum absolute atomic E-state index is 13.0. The molecule has 4 nitrogen and oxygen atoms in total. The Bertz CT molecular complexity index is 621. The van der Waals surface area contributed by atoms with Crippen LogP contribution >= 0.6 is 0 Å². The second-order valence-electron chi connectivity index (χ2n) is 6.79. The summed E-state index contributed by atoms with van der Waals surface area (Å²) in [6.07, 6.45) is 4.54. The van der Waals surface area contributed by atoms with Crippen LogP contribution in [-0.2, 0) is 11.3 Å². The zero-order valence-electron chi connectivity index (χ0n) is 12.0. The lowest BCUT2D eigenvalue weighted by Crippen LogP contribution is -2.26. The van der Waals surface area contributed by atoms with Crippen molar-refractivity contribution in [2.45, 2.75) is 44.6 Å². The first-order chi connectivity index (χ1) is 10.2. The molecule has 21 heavy (non-hydrogen) atoms. The number of aromatic nitrogens is 1. The Morgan fingerprint density at radius 1 is 1.24 bits per heavy atom. The van der Waals surface area contributed by atoms with Crippen molar-refractivity contribution in [2.75, 3.05) is 0 Å². The Hall–Kier alpha value is -1.55. The Balaban J connectivity index is 1.66. The van der Waals surface area contributed by atoms with E-state index in [1.54, 1.807) is 0 Å². The first-order valence-corrected chi connectivity index (χ1v) is 7.94. The zero-order chi connectivity index (χ0) is 14.6. The lowest BCUT2D eigenvalue weighted by Gasteiger charge is -2.20. The number of fused-ring (bicyclic) bond motifs is 2. The molecule has 2 bridgehead atoms. The van der Waals surface area contributed by atoms with Crippen LogP contribution in [-0.4, -0.2) is 16.6 Å². The Morgan fingerprint density at radius 3 is 2.62 bits per heavy atom. The average molecular weight is 284 g/mol. The van der Waals surface area contributed by atoms with Crippen LogP contribution in [0.15, 0.2) is 12.1 Å². The number of carbonyl (C=O) groups is 2. The van der Waals surface area contributed by atoms with Gasteiger partial charge in [-0.3, -0.25) is 9.59 Å². The molecule has 3 unspecified atom stereocenters. The predicted molar refractivity (Wildman–Crippen MR) is 77.8 cm³/mol. The van der Waals surface area contributed by atoms with Gasteiger partial charge in [-0.25, -0.2) is 4.98 Å². The molecule has 1 heterocycles. The number of Topliss-reactive ketones (excluding diaryl/α,β-unsaturated/α-hetero) is 2. The fourth-order valence-corrected chi connectivity index (χ4v) is 4.08. The van der Waals surface area contributed by atoms with Gasteiger partial charge in [0.05, 0.1) is 5.69 Å². The predicted octanol–water partition coefficient (Wildman–Crippen LogP) is 2.22. The monoisotopic (exact) mass is 284 g/mol. The topological polar surface area (TPSA) is 73.1 Å². The highest BCUT2D eigenvalue weighted by Crippen LogP contribution is 2.48. The molecule has 3 atom stereocenters. The van der Waals surface area contributed by atoms with Crippen molar-refractivity contribution in [3.63, 3.8) is 0 Å². The molecular formula is C17H20N2O2.